The minimum Gasteiger partial charge on any atom is -0.356 e. The Bertz CT molecular complexity index is 1020. The largest absolute Gasteiger partial charge is 0.356 e. The van der Waals surface area contributed by atoms with E-state index in [2.05, 4.69) is 26.4 Å². The van der Waals surface area contributed by atoms with Gasteiger partial charge in [-0.3, -0.25) is 9.69 Å². The van der Waals surface area contributed by atoms with Crippen LogP contribution in [0.15, 0.2) is 59.1 Å². The summed E-state index contributed by atoms with van der Waals surface area (Å²) in [6.45, 7) is 3.05. The molecule has 0 saturated carbocycles. The van der Waals surface area contributed by atoms with Gasteiger partial charge >= 0.3 is 0 Å². The van der Waals surface area contributed by atoms with Crippen molar-refractivity contribution in [1.29, 1.82) is 0 Å². The lowest BCUT2D eigenvalue weighted by Crippen LogP contribution is -2.40. The molecule has 6 nitrogen and oxygen atoms in total. The molecule has 3 aromatic rings. The zero-order valence-electron chi connectivity index (χ0n) is 18.6. The quantitative estimate of drug-likeness (QED) is 0.406. The van der Waals surface area contributed by atoms with Gasteiger partial charge in [0, 0.05) is 28.8 Å². The minimum absolute atomic E-state index is 0.0830. The molecule has 4 rings (SSSR count). The zero-order valence-corrected chi connectivity index (χ0v) is 20.2. The molecule has 2 aromatic carbocycles. The molecule has 1 aliphatic heterocycles. The van der Waals surface area contributed by atoms with Crippen molar-refractivity contribution in [3.63, 3.8) is 0 Å². The Kier molecular flexibility index (Phi) is 8.80. The molecule has 1 aliphatic rings. The molecule has 1 saturated heterocycles. The number of carbonyl (C=O) groups is 1. The van der Waals surface area contributed by atoms with Crippen LogP contribution in [0.25, 0.3) is 11.4 Å². The number of carbonyl (C=O) groups excluding carboxylic acids is 1. The van der Waals surface area contributed by atoms with Crippen molar-refractivity contribution in [3.8, 4) is 11.4 Å². The van der Waals surface area contributed by atoms with E-state index in [1.54, 1.807) is 0 Å². The van der Waals surface area contributed by atoms with Gasteiger partial charge in [-0.25, -0.2) is 0 Å². The second-order valence-electron chi connectivity index (χ2n) is 8.22. The lowest BCUT2D eigenvalue weighted by atomic mass is 9.96. The predicted octanol–water partition coefficient (Wildman–Crippen LogP) is 5.04. The molecular formula is C25H29ClN4O2S. The molecule has 1 N–H and O–H groups in total. The van der Waals surface area contributed by atoms with Gasteiger partial charge in [-0.05, 0) is 49.7 Å². The van der Waals surface area contributed by atoms with E-state index in [9.17, 15) is 4.79 Å². The van der Waals surface area contributed by atoms with Crippen LogP contribution in [0.5, 0.6) is 0 Å². The van der Waals surface area contributed by atoms with Gasteiger partial charge in [-0.2, -0.15) is 16.7 Å². The Morgan fingerprint density at radius 2 is 1.88 bits per heavy atom. The summed E-state index contributed by atoms with van der Waals surface area (Å²) in [5.41, 5.74) is 2.11. The number of amides is 1. The third-order valence-electron chi connectivity index (χ3n) is 5.80. The fraction of sp³-hybridized carbons (Fsp3) is 0.400. The Morgan fingerprint density at radius 3 is 2.67 bits per heavy atom. The number of nitrogens with one attached hydrogen (secondary N) is 1. The van der Waals surface area contributed by atoms with E-state index in [0.717, 1.165) is 66.6 Å². The van der Waals surface area contributed by atoms with Gasteiger partial charge < -0.3 is 9.84 Å². The number of thioether (sulfide) groups is 1. The summed E-state index contributed by atoms with van der Waals surface area (Å²) in [7, 11) is 0. The second-order valence-corrected chi connectivity index (χ2v) is 9.73. The zero-order chi connectivity index (χ0) is 22.9. The van der Waals surface area contributed by atoms with Crippen molar-refractivity contribution in [2.24, 2.45) is 5.92 Å². The molecule has 0 unspecified atom stereocenters. The van der Waals surface area contributed by atoms with E-state index in [-0.39, 0.29) is 11.8 Å². The molecule has 174 valence electrons. The van der Waals surface area contributed by atoms with E-state index in [1.807, 2.05) is 60.3 Å². The smallest absolute Gasteiger partial charge is 0.241 e. The highest BCUT2D eigenvalue weighted by atomic mass is 35.5. The van der Waals surface area contributed by atoms with Crippen LogP contribution in [0.3, 0.4) is 0 Å². The molecule has 1 amide bonds. The summed E-state index contributed by atoms with van der Waals surface area (Å²) in [5, 5.41) is 8.02. The average Bonchev–Trinajstić information content (AvgIpc) is 3.32. The number of benzene rings is 2. The number of hydrogen-bond acceptors (Lipinski definition) is 6. The Morgan fingerprint density at radius 1 is 1.12 bits per heavy atom. The lowest BCUT2D eigenvalue weighted by Gasteiger charge is -2.30. The summed E-state index contributed by atoms with van der Waals surface area (Å²) in [6, 6.07) is 17.8. The van der Waals surface area contributed by atoms with E-state index < -0.39 is 0 Å². The highest BCUT2D eigenvalue weighted by Crippen LogP contribution is 2.22. The van der Waals surface area contributed by atoms with Crippen molar-refractivity contribution in [3.05, 3.63) is 71.1 Å². The maximum absolute atomic E-state index is 12.5. The van der Waals surface area contributed by atoms with E-state index in [1.165, 1.54) is 0 Å². The van der Waals surface area contributed by atoms with Crippen molar-refractivity contribution < 1.29 is 9.32 Å². The van der Waals surface area contributed by atoms with Crippen LogP contribution < -0.4 is 5.32 Å². The number of hydrogen-bond donors (Lipinski definition) is 1. The highest BCUT2D eigenvalue weighted by Gasteiger charge is 2.25. The van der Waals surface area contributed by atoms with Gasteiger partial charge in [0.15, 0.2) is 0 Å². The van der Waals surface area contributed by atoms with Crippen LogP contribution in [-0.4, -0.2) is 46.3 Å². The average molecular weight is 485 g/mol. The SMILES string of the molecule is O=C(NCCCSCc1ccccc1Cl)C1CCN(Cc2nc(-c3ccccc3)no2)CC1. The summed E-state index contributed by atoms with van der Waals surface area (Å²) in [5.74, 6) is 3.39. The number of rotatable bonds is 10. The maximum Gasteiger partial charge on any atom is 0.241 e. The second kappa shape index (κ2) is 12.2. The van der Waals surface area contributed by atoms with E-state index in [0.29, 0.717) is 18.3 Å². The van der Waals surface area contributed by atoms with Crippen LogP contribution in [0.1, 0.15) is 30.7 Å². The Labute approximate surface area is 204 Å². The van der Waals surface area contributed by atoms with Crippen LogP contribution in [0.2, 0.25) is 5.02 Å². The maximum atomic E-state index is 12.5. The summed E-state index contributed by atoms with van der Waals surface area (Å²) in [4.78, 5) is 19.3. The van der Waals surface area contributed by atoms with Crippen molar-refractivity contribution in [2.75, 3.05) is 25.4 Å². The molecule has 33 heavy (non-hydrogen) atoms. The monoisotopic (exact) mass is 484 g/mol. The van der Waals surface area contributed by atoms with Gasteiger partial charge in [0.2, 0.25) is 17.6 Å². The fourth-order valence-corrected chi connectivity index (χ4v) is 5.14. The molecule has 0 atom stereocenters. The number of likely N-dealkylation sites (tertiary alicyclic amines) is 1. The molecule has 0 radical (unpaired) electrons. The Balaban J connectivity index is 1.11. The van der Waals surface area contributed by atoms with Gasteiger partial charge in [0.25, 0.3) is 0 Å². The molecule has 0 aliphatic carbocycles. The number of halogens is 1. The van der Waals surface area contributed by atoms with Crippen LogP contribution in [-0.2, 0) is 17.1 Å². The minimum atomic E-state index is 0.0830. The van der Waals surface area contributed by atoms with Crippen molar-refractivity contribution >= 4 is 29.3 Å². The molecule has 1 fully saturated rings. The third-order valence-corrected chi connectivity index (χ3v) is 7.26. The molecule has 0 spiro atoms. The first kappa shape index (κ1) is 23.8. The first-order valence-electron chi connectivity index (χ1n) is 11.4. The van der Waals surface area contributed by atoms with Crippen LogP contribution >= 0.6 is 23.4 Å². The number of aromatic nitrogens is 2. The molecule has 2 heterocycles. The topological polar surface area (TPSA) is 71.3 Å². The molecule has 0 bridgehead atoms. The standard InChI is InChI=1S/C25H29ClN4O2S/c26-22-10-5-4-9-21(22)18-33-16-6-13-27-25(31)20-11-14-30(15-12-20)17-23-28-24(29-32-23)19-7-2-1-3-8-19/h1-5,7-10,20H,6,11-18H2,(H,27,31). The third kappa shape index (κ3) is 7.06. The van der Waals surface area contributed by atoms with Gasteiger partial charge in [-0.1, -0.05) is 65.3 Å². The summed E-state index contributed by atoms with van der Waals surface area (Å²) >= 11 is 8.04. The summed E-state index contributed by atoms with van der Waals surface area (Å²) in [6.07, 6.45) is 2.67. The van der Waals surface area contributed by atoms with Gasteiger partial charge in [0.1, 0.15) is 0 Å². The number of piperidine rings is 1. The van der Waals surface area contributed by atoms with Gasteiger partial charge in [0.05, 0.1) is 6.54 Å². The number of nitrogens with zero attached hydrogens (tertiary/aromatic N) is 3. The van der Waals surface area contributed by atoms with E-state index in [4.69, 9.17) is 16.1 Å². The predicted molar refractivity (Wildman–Crippen MR) is 133 cm³/mol. The van der Waals surface area contributed by atoms with Gasteiger partial charge in [-0.15, -0.1) is 0 Å². The molecule has 8 heteroatoms. The van der Waals surface area contributed by atoms with Crippen LogP contribution in [0, 0.1) is 5.92 Å². The normalized spacial score (nSPS) is 14.9. The van der Waals surface area contributed by atoms with E-state index >= 15 is 0 Å². The molecule has 1 aromatic heterocycles. The summed E-state index contributed by atoms with van der Waals surface area (Å²) < 4.78 is 5.42. The highest BCUT2D eigenvalue weighted by molar-refractivity contribution is 7.98. The van der Waals surface area contributed by atoms with Crippen molar-refractivity contribution in [1.82, 2.24) is 20.4 Å². The lowest BCUT2D eigenvalue weighted by molar-refractivity contribution is -0.126. The fourth-order valence-electron chi connectivity index (χ4n) is 3.90. The van der Waals surface area contributed by atoms with Crippen molar-refractivity contribution in [2.45, 2.75) is 31.6 Å². The van der Waals surface area contributed by atoms with Crippen LogP contribution in [0.4, 0.5) is 0 Å². The molecular weight excluding hydrogens is 456 g/mol. The first-order chi connectivity index (χ1) is 16.2. The first-order valence-corrected chi connectivity index (χ1v) is 12.9. The Hall–Kier alpha value is -2.35.